The maximum Gasteiger partial charge on any atom is 0.317 e. The molecule has 1 heterocycles. The van der Waals surface area contributed by atoms with E-state index in [0.717, 1.165) is 5.56 Å². The molecule has 2 fully saturated rings. The van der Waals surface area contributed by atoms with Gasteiger partial charge in [0.2, 0.25) is 11.7 Å². The summed E-state index contributed by atoms with van der Waals surface area (Å²) >= 11 is 0. The van der Waals surface area contributed by atoms with Crippen LogP contribution in [0, 0.1) is 11.8 Å². The monoisotopic (exact) mass is 405 g/mol. The summed E-state index contributed by atoms with van der Waals surface area (Å²) in [5.41, 5.74) is 0.887. The number of carbonyl (C=O) groups excluding carboxylic acids is 2. The average Bonchev–Trinajstić information content (AvgIpc) is 3.46. The van der Waals surface area contributed by atoms with E-state index in [4.69, 9.17) is 14.2 Å². The van der Waals surface area contributed by atoms with Crippen molar-refractivity contribution >= 4 is 11.9 Å². The number of hydrogen-bond acceptors (Lipinski definition) is 5. The highest BCUT2D eigenvalue weighted by atomic mass is 16.5. The predicted molar refractivity (Wildman–Crippen MR) is 109 cm³/mol. The molecule has 1 saturated carbocycles. The number of methoxy groups -OCH3 is 3. The van der Waals surface area contributed by atoms with Gasteiger partial charge >= 0.3 is 6.03 Å². The molecular formula is C21H31N3O5. The molecule has 0 unspecified atom stereocenters. The molecule has 0 spiro atoms. The van der Waals surface area contributed by atoms with Crippen LogP contribution in [0.3, 0.4) is 0 Å². The van der Waals surface area contributed by atoms with Crippen LogP contribution in [0.1, 0.15) is 31.2 Å². The molecule has 3 amide bonds. The van der Waals surface area contributed by atoms with Gasteiger partial charge in [-0.2, -0.15) is 0 Å². The van der Waals surface area contributed by atoms with Crippen molar-refractivity contribution in [2.75, 3.05) is 47.5 Å². The number of nitrogens with zero attached hydrogens (tertiary/aromatic N) is 1. The van der Waals surface area contributed by atoms with Crippen LogP contribution in [0.2, 0.25) is 0 Å². The summed E-state index contributed by atoms with van der Waals surface area (Å²) in [5, 5.41) is 5.90. The van der Waals surface area contributed by atoms with Crippen molar-refractivity contribution in [1.82, 2.24) is 15.5 Å². The maximum absolute atomic E-state index is 13.0. The molecule has 1 aliphatic carbocycles. The van der Waals surface area contributed by atoms with E-state index in [1.807, 2.05) is 19.1 Å². The first-order chi connectivity index (χ1) is 14.0. The van der Waals surface area contributed by atoms with E-state index < -0.39 is 0 Å². The average molecular weight is 405 g/mol. The number of carbonyl (C=O) groups is 2. The van der Waals surface area contributed by atoms with E-state index in [1.54, 1.807) is 26.2 Å². The Kier molecular flexibility index (Phi) is 6.71. The van der Waals surface area contributed by atoms with Gasteiger partial charge < -0.3 is 29.7 Å². The number of benzene rings is 1. The molecule has 8 nitrogen and oxygen atoms in total. The van der Waals surface area contributed by atoms with Gasteiger partial charge in [-0.05, 0) is 43.4 Å². The van der Waals surface area contributed by atoms with Gasteiger partial charge in [-0.25, -0.2) is 4.79 Å². The first-order valence-corrected chi connectivity index (χ1v) is 10.1. The van der Waals surface area contributed by atoms with Crippen molar-refractivity contribution in [2.45, 2.75) is 25.7 Å². The van der Waals surface area contributed by atoms with Crippen molar-refractivity contribution in [3.05, 3.63) is 17.7 Å². The molecule has 8 heteroatoms. The molecule has 1 saturated heterocycles. The number of likely N-dealkylation sites (tertiary alicyclic amines) is 1. The Morgan fingerprint density at radius 1 is 1.03 bits per heavy atom. The van der Waals surface area contributed by atoms with Gasteiger partial charge in [0, 0.05) is 32.1 Å². The van der Waals surface area contributed by atoms with Crippen molar-refractivity contribution in [3.8, 4) is 17.2 Å². The van der Waals surface area contributed by atoms with Gasteiger partial charge in [-0.3, -0.25) is 4.79 Å². The van der Waals surface area contributed by atoms with Crippen LogP contribution >= 0.6 is 0 Å². The fourth-order valence-electron chi connectivity index (χ4n) is 3.85. The first kappa shape index (κ1) is 21.1. The molecule has 0 aromatic heterocycles. The van der Waals surface area contributed by atoms with Crippen LogP contribution in [0.15, 0.2) is 12.1 Å². The molecule has 2 N–H and O–H groups in total. The van der Waals surface area contributed by atoms with Crippen molar-refractivity contribution in [3.63, 3.8) is 0 Å². The second kappa shape index (κ2) is 9.24. The number of urea groups is 1. The Hall–Kier alpha value is -2.64. The lowest BCUT2D eigenvalue weighted by molar-refractivity contribution is -0.125. The fourth-order valence-corrected chi connectivity index (χ4v) is 3.85. The van der Waals surface area contributed by atoms with E-state index >= 15 is 0 Å². The molecule has 1 aromatic rings. The minimum Gasteiger partial charge on any atom is -0.493 e. The molecule has 1 aliphatic heterocycles. The minimum absolute atomic E-state index is 0.0116. The standard InChI is InChI=1S/C21H31N3O5/c1-5-22-21(26)24-11-15(16(12-24)20(25)23-10-13-6-7-13)14-8-17(27-2)19(29-4)18(9-14)28-3/h8-9,13,15-16H,5-7,10-12H2,1-4H3,(H,22,26)(H,23,25)/t15-,16+/m0/s1. The van der Waals surface area contributed by atoms with Gasteiger partial charge in [-0.1, -0.05) is 0 Å². The molecule has 160 valence electrons. The number of hydrogen-bond donors (Lipinski definition) is 2. The summed E-state index contributed by atoms with van der Waals surface area (Å²) in [5.74, 6) is 1.67. The third-order valence-corrected chi connectivity index (χ3v) is 5.65. The summed E-state index contributed by atoms with van der Waals surface area (Å²) in [6.07, 6.45) is 2.35. The number of nitrogens with one attached hydrogen (secondary N) is 2. The molecule has 3 rings (SSSR count). The zero-order valence-electron chi connectivity index (χ0n) is 17.6. The Balaban J connectivity index is 1.89. The van der Waals surface area contributed by atoms with Gasteiger partial charge in [-0.15, -0.1) is 0 Å². The van der Waals surface area contributed by atoms with Crippen LogP contribution in [0.5, 0.6) is 17.2 Å². The summed E-state index contributed by atoms with van der Waals surface area (Å²) in [6.45, 7) is 3.96. The van der Waals surface area contributed by atoms with Gasteiger partial charge in [0.15, 0.2) is 11.5 Å². The molecule has 2 aliphatic rings. The highest BCUT2D eigenvalue weighted by Gasteiger charge is 2.41. The van der Waals surface area contributed by atoms with Crippen LogP contribution < -0.4 is 24.8 Å². The zero-order chi connectivity index (χ0) is 21.0. The summed E-state index contributed by atoms with van der Waals surface area (Å²) in [7, 11) is 4.69. The van der Waals surface area contributed by atoms with Crippen LogP contribution in [-0.2, 0) is 4.79 Å². The van der Waals surface area contributed by atoms with E-state index in [9.17, 15) is 9.59 Å². The molecular weight excluding hydrogens is 374 g/mol. The first-order valence-electron chi connectivity index (χ1n) is 10.1. The summed E-state index contributed by atoms with van der Waals surface area (Å²) in [6, 6.07) is 3.59. The Labute approximate surface area is 171 Å². The normalized spacial score (nSPS) is 20.9. The van der Waals surface area contributed by atoms with Crippen LogP contribution in [-0.4, -0.2) is 64.3 Å². The second-order valence-electron chi connectivity index (χ2n) is 7.60. The van der Waals surface area contributed by atoms with Crippen molar-refractivity contribution in [2.24, 2.45) is 11.8 Å². The Morgan fingerprint density at radius 2 is 1.69 bits per heavy atom. The number of ether oxygens (including phenoxy) is 3. The minimum atomic E-state index is -0.334. The lowest BCUT2D eigenvalue weighted by Crippen LogP contribution is -2.40. The molecule has 2 atom stereocenters. The number of amides is 3. The van der Waals surface area contributed by atoms with Crippen LogP contribution in [0.4, 0.5) is 4.79 Å². The fraction of sp³-hybridized carbons (Fsp3) is 0.619. The summed E-state index contributed by atoms with van der Waals surface area (Å²) in [4.78, 5) is 27.1. The highest BCUT2D eigenvalue weighted by Crippen LogP contribution is 2.43. The lowest BCUT2D eigenvalue weighted by Gasteiger charge is -2.21. The largest absolute Gasteiger partial charge is 0.493 e. The van der Waals surface area contributed by atoms with E-state index in [2.05, 4.69) is 10.6 Å². The predicted octanol–water partition coefficient (Wildman–Crippen LogP) is 1.98. The highest BCUT2D eigenvalue weighted by molar-refractivity contribution is 5.83. The molecule has 0 bridgehead atoms. The molecule has 1 aromatic carbocycles. The van der Waals surface area contributed by atoms with Crippen molar-refractivity contribution < 1.29 is 23.8 Å². The topological polar surface area (TPSA) is 89.1 Å². The molecule has 0 radical (unpaired) electrons. The Morgan fingerprint density at radius 3 is 2.21 bits per heavy atom. The van der Waals surface area contributed by atoms with E-state index in [1.165, 1.54) is 12.8 Å². The lowest BCUT2D eigenvalue weighted by atomic mass is 9.88. The zero-order valence-corrected chi connectivity index (χ0v) is 17.6. The van der Waals surface area contributed by atoms with E-state index in [0.29, 0.717) is 49.3 Å². The maximum atomic E-state index is 13.0. The van der Waals surface area contributed by atoms with Crippen molar-refractivity contribution in [1.29, 1.82) is 0 Å². The Bertz CT molecular complexity index is 725. The van der Waals surface area contributed by atoms with Gasteiger partial charge in [0.25, 0.3) is 0 Å². The van der Waals surface area contributed by atoms with Gasteiger partial charge in [0.1, 0.15) is 0 Å². The van der Waals surface area contributed by atoms with E-state index in [-0.39, 0.29) is 23.8 Å². The third kappa shape index (κ3) is 4.68. The van der Waals surface area contributed by atoms with Gasteiger partial charge in [0.05, 0.1) is 27.2 Å². The second-order valence-corrected chi connectivity index (χ2v) is 7.60. The SMILES string of the molecule is CCNC(=O)N1C[C@@H](C(=O)NCC2CC2)[C@H](c2cc(OC)c(OC)c(OC)c2)C1. The van der Waals surface area contributed by atoms with Crippen LogP contribution in [0.25, 0.3) is 0 Å². The number of rotatable bonds is 8. The quantitative estimate of drug-likeness (QED) is 0.690. The molecule has 29 heavy (non-hydrogen) atoms. The smallest absolute Gasteiger partial charge is 0.317 e. The third-order valence-electron chi connectivity index (χ3n) is 5.65. The summed E-state index contributed by atoms with van der Waals surface area (Å²) < 4.78 is 16.4.